The fraction of sp³-hybridized carbons (Fsp3) is 0.217. The Morgan fingerprint density at radius 1 is 1.06 bits per heavy atom. The first-order valence-corrected chi connectivity index (χ1v) is 9.70. The van der Waals surface area contributed by atoms with Gasteiger partial charge in [-0.05, 0) is 50.2 Å². The first-order chi connectivity index (χ1) is 14.8. The molecule has 8 heteroatoms. The molecule has 7 nitrogen and oxygen atoms in total. The molecule has 0 bridgehead atoms. The average Bonchev–Trinajstić information content (AvgIpc) is 3.17. The summed E-state index contributed by atoms with van der Waals surface area (Å²) in [7, 11) is 1.63. The second-order valence-corrected chi connectivity index (χ2v) is 7.05. The van der Waals surface area contributed by atoms with Gasteiger partial charge in [0.1, 0.15) is 23.9 Å². The van der Waals surface area contributed by atoms with E-state index in [0.29, 0.717) is 30.2 Å². The van der Waals surface area contributed by atoms with E-state index in [1.54, 1.807) is 14.0 Å². The van der Waals surface area contributed by atoms with Crippen LogP contribution in [0.3, 0.4) is 0 Å². The van der Waals surface area contributed by atoms with Crippen molar-refractivity contribution in [2.24, 2.45) is 0 Å². The Balaban J connectivity index is 1.55. The number of hydrogen-bond acceptors (Lipinski definition) is 4. The van der Waals surface area contributed by atoms with Crippen molar-refractivity contribution >= 4 is 23.3 Å². The minimum atomic E-state index is -0.618. The van der Waals surface area contributed by atoms with Gasteiger partial charge in [-0.3, -0.25) is 4.79 Å². The lowest BCUT2D eigenvalue weighted by atomic mass is 10.2. The van der Waals surface area contributed by atoms with Crippen molar-refractivity contribution in [3.63, 3.8) is 0 Å². The third-order valence-electron chi connectivity index (χ3n) is 4.63. The number of rotatable bonds is 7. The smallest absolute Gasteiger partial charge is 0.321 e. The lowest BCUT2D eigenvalue weighted by Crippen LogP contribution is -2.34. The number of hydrogen-bond donors (Lipinski definition) is 2. The second-order valence-electron chi connectivity index (χ2n) is 7.05. The van der Waals surface area contributed by atoms with Crippen molar-refractivity contribution in [2.45, 2.75) is 13.8 Å². The first kappa shape index (κ1) is 21.9. The van der Waals surface area contributed by atoms with E-state index in [1.165, 1.54) is 35.4 Å². The summed E-state index contributed by atoms with van der Waals surface area (Å²) in [6.07, 6.45) is 1.38. The molecule has 0 radical (unpaired) electrons. The van der Waals surface area contributed by atoms with E-state index in [4.69, 9.17) is 9.15 Å². The van der Waals surface area contributed by atoms with Gasteiger partial charge in [0, 0.05) is 12.7 Å². The number of benzene rings is 2. The average molecular weight is 425 g/mol. The number of urea groups is 1. The predicted octanol–water partition coefficient (Wildman–Crippen LogP) is 4.83. The summed E-state index contributed by atoms with van der Waals surface area (Å²) >= 11 is 0. The van der Waals surface area contributed by atoms with Crippen LogP contribution in [0.15, 0.2) is 59.2 Å². The van der Waals surface area contributed by atoms with Crippen LogP contribution in [0.2, 0.25) is 0 Å². The zero-order valence-electron chi connectivity index (χ0n) is 17.6. The summed E-state index contributed by atoms with van der Waals surface area (Å²) in [5.41, 5.74) is 1.74. The number of ether oxygens (including phenoxy) is 1. The van der Waals surface area contributed by atoms with Crippen LogP contribution in [-0.2, 0) is 0 Å². The number of amides is 3. The van der Waals surface area contributed by atoms with Gasteiger partial charge < -0.3 is 24.7 Å². The van der Waals surface area contributed by atoms with Crippen LogP contribution in [0, 0.1) is 19.7 Å². The number of furan rings is 1. The van der Waals surface area contributed by atoms with Crippen LogP contribution < -0.4 is 15.4 Å². The number of carbonyl (C=O) groups excluding carboxylic acids is 2. The fourth-order valence-electron chi connectivity index (χ4n) is 2.76. The highest BCUT2D eigenvalue weighted by Crippen LogP contribution is 2.21. The van der Waals surface area contributed by atoms with Crippen LogP contribution in [-0.4, -0.2) is 37.0 Å². The topological polar surface area (TPSA) is 83.8 Å². The summed E-state index contributed by atoms with van der Waals surface area (Å²) in [6, 6.07) is 12.7. The molecule has 2 N–H and O–H groups in total. The van der Waals surface area contributed by atoms with Gasteiger partial charge in [0.2, 0.25) is 0 Å². The maximum Gasteiger partial charge on any atom is 0.321 e. The molecule has 0 spiro atoms. The highest BCUT2D eigenvalue weighted by molar-refractivity contribution is 6.05. The number of carbonyl (C=O) groups is 2. The SMILES string of the molecule is Cc1ccc(OCCN(C)C(=O)Nc2ccc(F)c(NC(=O)c3ccoc3C)c2)cc1. The zero-order chi connectivity index (χ0) is 22.4. The standard InChI is InChI=1S/C23H24FN3O4/c1-15-4-7-18(8-5-15)31-13-11-27(3)23(29)25-17-6-9-20(24)21(14-17)26-22(28)19-10-12-30-16(19)2/h4-10,12,14H,11,13H2,1-3H3,(H,25,29)(H,26,28). The number of likely N-dealkylation sites (N-methyl/N-ethyl adjacent to an activating group) is 1. The summed E-state index contributed by atoms with van der Waals surface area (Å²) in [4.78, 5) is 26.2. The van der Waals surface area contributed by atoms with E-state index in [-0.39, 0.29) is 11.7 Å². The maximum absolute atomic E-state index is 14.1. The molecule has 3 rings (SSSR count). The van der Waals surface area contributed by atoms with E-state index in [2.05, 4.69) is 10.6 Å². The van der Waals surface area contributed by atoms with E-state index < -0.39 is 11.7 Å². The van der Waals surface area contributed by atoms with Crippen LogP contribution in [0.25, 0.3) is 0 Å². The number of anilines is 2. The molecule has 0 aliphatic heterocycles. The molecule has 1 aromatic heterocycles. The van der Waals surface area contributed by atoms with Gasteiger partial charge >= 0.3 is 6.03 Å². The Morgan fingerprint density at radius 2 is 1.81 bits per heavy atom. The molecule has 0 saturated carbocycles. The van der Waals surface area contributed by atoms with Gasteiger partial charge in [-0.15, -0.1) is 0 Å². The van der Waals surface area contributed by atoms with E-state index in [1.807, 2.05) is 31.2 Å². The van der Waals surface area contributed by atoms with E-state index in [0.717, 1.165) is 11.3 Å². The largest absolute Gasteiger partial charge is 0.492 e. The number of aryl methyl sites for hydroxylation is 2. The minimum Gasteiger partial charge on any atom is -0.492 e. The number of nitrogens with one attached hydrogen (secondary N) is 2. The summed E-state index contributed by atoms with van der Waals surface area (Å²) in [6.45, 7) is 4.30. The lowest BCUT2D eigenvalue weighted by molar-refractivity contribution is 0.102. The molecule has 31 heavy (non-hydrogen) atoms. The summed E-state index contributed by atoms with van der Waals surface area (Å²) in [5.74, 6) is 0.0365. The van der Waals surface area contributed by atoms with Crippen LogP contribution in [0.5, 0.6) is 5.75 Å². The number of nitrogens with zero attached hydrogens (tertiary/aromatic N) is 1. The third kappa shape index (κ3) is 5.85. The van der Waals surface area contributed by atoms with Crippen molar-refractivity contribution in [3.05, 3.63) is 77.5 Å². The molecule has 0 aliphatic rings. The quantitative estimate of drug-likeness (QED) is 0.568. The molecule has 0 fully saturated rings. The fourth-order valence-corrected chi connectivity index (χ4v) is 2.76. The highest BCUT2D eigenvalue weighted by atomic mass is 19.1. The molecular formula is C23H24FN3O4. The molecule has 0 aliphatic carbocycles. The summed E-state index contributed by atoms with van der Waals surface area (Å²) in [5, 5.41) is 5.17. The van der Waals surface area contributed by atoms with Crippen LogP contribution in [0.4, 0.5) is 20.6 Å². The van der Waals surface area contributed by atoms with Gasteiger partial charge in [-0.25, -0.2) is 9.18 Å². The highest BCUT2D eigenvalue weighted by Gasteiger charge is 2.15. The van der Waals surface area contributed by atoms with Gasteiger partial charge in [0.05, 0.1) is 24.1 Å². The normalized spacial score (nSPS) is 10.5. The van der Waals surface area contributed by atoms with Crippen LogP contribution >= 0.6 is 0 Å². The van der Waals surface area contributed by atoms with Crippen molar-refractivity contribution in [2.75, 3.05) is 30.8 Å². The van der Waals surface area contributed by atoms with E-state index in [9.17, 15) is 14.0 Å². The van der Waals surface area contributed by atoms with Gasteiger partial charge in [0.25, 0.3) is 5.91 Å². The van der Waals surface area contributed by atoms with Gasteiger partial charge in [-0.2, -0.15) is 0 Å². The first-order valence-electron chi connectivity index (χ1n) is 9.70. The molecular weight excluding hydrogens is 401 g/mol. The Morgan fingerprint density at radius 3 is 2.48 bits per heavy atom. The Labute approximate surface area is 179 Å². The Hall–Kier alpha value is -3.81. The molecule has 0 saturated heterocycles. The molecule has 3 amide bonds. The van der Waals surface area contributed by atoms with Gasteiger partial charge in [0.15, 0.2) is 0 Å². The van der Waals surface area contributed by atoms with Crippen molar-refractivity contribution in [1.82, 2.24) is 4.90 Å². The lowest BCUT2D eigenvalue weighted by Gasteiger charge is -2.18. The third-order valence-corrected chi connectivity index (χ3v) is 4.63. The molecule has 1 heterocycles. The summed E-state index contributed by atoms with van der Waals surface area (Å²) < 4.78 is 24.9. The van der Waals surface area contributed by atoms with Gasteiger partial charge in [-0.1, -0.05) is 17.7 Å². The van der Waals surface area contributed by atoms with Crippen molar-refractivity contribution in [1.29, 1.82) is 0 Å². The maximum atomic E-state index is 14.1. The Kier molecular flexibility index (Phi) is 6.92. The predicted molar refractivity (Wildman–Crippen MR) is 116 cm³/mol. The van der Waals surface area contributed by atoms with Crippen LogP contribution in [0.1, 0.15) is 21.7 Å². The second kappa shape index (κ2) is 9.80. The zero-order valence-corrected chi connectivity index (χ0v) is 17.6. The molecule has 0 atom stereocenters. The number of halogens is 1. The molecule has 3 aromatic rings. The van der Waals surface area contributed by atoms with Crippen molar-refractivity contribution < 1.29 is 23.1 Å². The molecule has 0 unspecified atom stereocenters. The molecule has 162 valence electrons. The molecule has 2 aromatic carbocycles. The monoisotopic (exact) mass is 425 g/mol. The van der Waals surface area contributed by atoms with Crippen molar-refractivity contribution in [3.8, 4) is 5.75 Å². The Bertz CT molecular complexity index is 1060. The van der Waals surface area contributed by atoms with E-state index >= 15 is 0 Å². The minimum absolute atomic E-state index is 0.0474.